The van der Waals surface area contributed by atoms with Crippen molar-refractivity contribution in [1.82, 2.24) is 0 Å². The summed E-state index contributed by atoms with van der Waals surface area (Å²) < 4.78 is 0.315. The molecule has 1 aromatic heterocycles. The number of hydrogen-bond donors (Lipinski definition) is 1. The number of aromatic nitrogens is 2. The molecule has 0 spiro atoms. The lowest BCUT2D eigenvalue weighted by Crippen LogP contribution is -2.41. The molecule has 1 N–H and O–H groups in total. The molecule has 0 atom stereocenters. The Hall–Kier alpha value is -2.26. The van der Waals surface area contributed by atoms with Gasteiger partial charge in [0.15, 0.2) is 6.07 Å². The van der Waals surface area contributed by atoms with E-state index in [-0.39, 0.29) is 20.5 Å². The van der Waals surface area contributed by atoms with E-state index in [1.165, 1.54) is 18.2 Å². The van der Waals surface area contributed by atoms with E-state index in [0.717, 1.165) is 0 Å². The highest BCUT2D eigenvalue weighted by Crippen LogP contribution is 2.21. The first kappa shape index (κ1) is 11.2. The highest BCUT2D eigenvalue weighted by atomic mass is 35.5. The van der Waals surface area contributed by atoms with Gasteiger partial charge in [0.25, 0.3) is 11.0 Å². The van der Waals surface area contributed by atoms with Gasteiger partial charge in [-0.3, -0.25) is 0 Å². The lowest BCUT2D eigenvalue weighted by Gasteiger charge is -2.07. The van der Waals surface area contributed by atoms with E-state index >= 15 is 0 Å². The molecule has 86 valence electrons. The molecule has 0 aliphatic rings. The topological polar surface area (TPSA) is 97.9 Å². The summed E-state index contributed by atoms with van der Waals surface area (Å²) in [6.45, 7) is 1.66. The molecule has 0 fully saturated rings. The summed E-state index contributed by atoms with van der Waals surface area (Å²) in [6.07, 6.45) is 0. The first-order chi connectivity index (χ1) is 7.97. The summed E-state index contributed by atoms with van der Waals surface area (Å²) >= 11 is 5.84. The van der Waals surface area contributed by atoms with Gasteiger partial charge in [0.1, 0.15) is 0 Å². The van der Waals surface area contributed by atoms with Gasteiger partial charge in [-0.25, -0.2) is 0 Å². The summed E-state index contributed by atoms with van der Waals surface area (Å²) in [5.41, 5.74) is -0.177. The van der Waals surface area contributed by atoms with Gasteiger partial charge in [0.05, 0.1) is 5.02 Å². The summed E-state index contributed by atoms with van der Waals surface area (Å²) in [5, 5.41) is 41.8. The van der Waals surface area contributed by atoms with Gasteiger partial charge < -0.3 is 15.5 Å². The number of hydrogen-bond acceptors (Lipinski definition) is 4. The Labute approximate surface area is 101 Å². The molecule has 0 saturated heterocycles. The van der Waals surface area contributed by atoms with Crippen molar-refractivity contribution in [1.29, 1.82) is 5.26 Å². The van der Waals surface area contributed by atoms with E-state index in [4.69, 9.17) is 16.9 Å². The summed E-state index contributed by atoms with van der Waals surface area (Å²) in [7, 11) is 0. The van der Waals surface area contributed by atoms with Gasteiger partial charge in [-0.05, 0) is 12.5 Å². The maximum absolute atomic E-state index is 11.7. The van der Waals surface area contributed by atoms with Crippen LogP contribution in [0.1, 0.15) is 11.3 Å². The highest BCUT2D eigenvalue weighted by Gasteiger charge is 2.28. The third kappa shape index (κ3) is 1.48. The summed E-state index contributed by atoms with van der Waals surface area (Å²) in [5.74, 6) is -0.920. The van der Waals surface area contributed by atoms with Gasteiger partial charge in [0, 0.05) is 12.1 Å². The van der Waals surface area contributed by atoms with Crippen LogP contribution in [0.3, 0.4) is 0 Å². The first-order valence-electron chi connectivity index (χ1n) is 4.55. The second-order valence-electron chi connectivity index (χ2n) is 3.46. The standard InChI is InChI=1S/C10H6ClN3O3/c1-5-2-7-8(3-6(5)11)13(16)9(4-12)10(15)14(7)17/h2-3,15H,1H3. The molecular weight excluding hydrogens is 246 g/mol. The maximum Gasteiger partial charge on any atom is 0.465 e. The molecule has 17 heavy (non-hydrogen) atoms. The zero-order valence-electron chi connectivity index (χ0n) is 8.64. The lowest BCUT2D eigenvalue weighted by molar-refractivity contribution is -0.636. The summed E-state index contributed by atoms with van der Waals surface area (Å²) in [6, 6.07) is 4.13. The molecule has 0 bridgehead atoms. The van der Waals surface area contributed by atoms with Crippen molar-refractivity contribution < 1.29 is 14.6 Å². The van der Waals surface area contributed by atoms with E-state index in [1.807, 2.05) is 0 Å². The zero-order chi connectivity index (χ0) is 12.7. The number of rotatable bonds is 0. The van der Waals surface area contributed by atoms with Crippen molar-refractivity contribution >= 4 is 22.6 Å². The van der Waals surface area contributed by atoms with Crippen molar-refractivity contribution in [3.63, 3.8) is 0 Å². The second kappa shape index (κ2) is 3.64. The van der Waals surface area contributed by atoms with E-state index in [0.29, 0.717) is 10.6 Å². The van der Waals surface area contributed by atoms with E-state index in [2.05, 4.69) is 0 Å². The predicted molar refractivity (Wildman–Crippen MR) is 58.0 cm³/mol. The molecule has 0 saturated carbocycles. The minimum absolute atomic E-state index is 0.0431. The fourth-order valence-corrected chi connectivity index (χ4v) is 1.66. The molecule has 7 heteroatoms. The van der Waals surface area contributed by atoms with Crippen LogP contribution in [0.15, 0.2) is 12.1 Å². The number of aryl methyl sites for hydroxylation is 1. The minimum atomic E-state index is -0.920. The number of aromatic hydroxyl groups is 1. The van der Waals surface area contributed by atoms with Crippen LogP contribution in [0.25, 0.3) is 11.0 Å². The molecule has 1 heterocycles. The molecule has 0 aliphatic heterocycles. The van der Waals surface area contributed by atoms with Crippen molar-refractivity contribution in [2.45, 2.75) is 6.92 Å². The van der Waals surface area contributed by atoms with E-state index < -0.39 is 11.6 Å². The van der Waals surface area contributed by atoms with Crippen LogP contribution < -0.4 is 9.46 Å². The second-order valence-corrected chi connectivity index (χ2v) is 3.87. The predicted octanol–water partition coefficient (Wildman–Crippen LogP) is 0.646. The molecule has 0 aliphatic carbocycles. The quantitative estimate of drug-likeness (QED) is 0.549. The first-order valence-corrected chi connectivity index (χ1v) is 4.93. The maximum atomic E-state index is 11.7. The van der Waals surface area contributed by atoms with Crippen molar-refractivity contribution in [3.8, 4) is 11.9 Å². The van der Waals surface area contributed by atoms with Crippen LogP contribution in [-0.4, -0.2) is 5.11 Å². The van der Waals surface area contributed by atoms with Gasteiger partial charge in [-0.15, -0.1) is 9.46 Å². The SMILES string of the molecule is Cc1cc2c(cc1Cl)[n+]([O-])c(C#N)c(O)[n+]2[O-]. The van der Waals surface area contributed by atoms with Gasteiger partial charge in [0.2, 0.25) is 0 Å². The Morgan fingerprint density at radius 1 is 1.29 bits per heavy atom. The smallest absolute Gasteiger partial charge is 0.465 e. The Morgan fingerprint density at radius 2 is 1.88 bits per heavy atom. The Morgan fingerprint density at radius 3 is 2.47 bits per heavy atom. The Balaban J connectivity index is 3.05. The number of nitrogens with zero attached hydrogens (tertiary/aromatic N) is 3. The molecule has 1 aromatic carbocycles. The van der Waals surface area contributed by atoms with Crippen LogP contribution in [0.5, 0.6) is 5.88 Å². The number of benzene rings is 1. The molecule has 6 nitrogen and oxygen atoms in total. The van der Waals surface area contributed by atoms with E-state index in [1.54, 1.807) is 6.92 Å². The molecule has 0 radical (unpaired) electrons. The van der Waals surface area contributed by atoms with Crippen LogP contribution in [0.2, 0.25) is 5.02 Å². The molecule has 0 amide bonds. The van der Waals surface area contributed by atoms with Gasteiger partial charge in [-0.2, -0.15) is 5.26 Å². The minimum Gasteiger partial charge on any atom is -0.617 e. The van der Waals surface area contributed by atoms with Crippen molar-refractivity contribution in [2.75, 3.05) is 0 Å². The zero-order valence-corrected chi connectivity index (χ0v) is 9.39. The average molecular weight is 252 g/mol. The van der Waals surface area contributed by atoms with Crippen molar-refractivity contribution in [2.24, 2.45) is 0 Å². The largest absolute Gasteiger partial charge is 0.617 e. The number of halogens is 1. The average Bonchev–Trinajstić information content (AvgIpc) is 2.30. The fourth-order valence-electron chi connectivity index (χ4n) is 1.50. The third-order valence-electron chi connectivity index (χ3n) is 2.41. The van der Waals surface area contributed by atoms with Crippen LogP contribution in [-0.2, 0) is 0 Å². The summed E-state index contributed by atoms with van der Waals surface area (Å²) in [4.78, 5) is 0. The van der Waals surface area contributed by atoms with E-state index in [9.17, 15) is 15.5 Å². The monoisotopic (exact) mass is 251 g/mol. The van der Waals surface area contributed by atoms with Gasteiger partial charge in [-0.1, -0.05) is 11.6 Å². The normalized spacial score (nSPS) is 10.4. The van der Waals surface area contributed by atoms with Crippen molar-refractivity contribution in [3.05, 3.63) is 38.8 Å². The third-order valence-corrected chi connectivity index (χ3v) is 2.81. The van der Waals surface area contributed by atoms with Crippen LogP contribution in [0.4, 0.5) is 0 Å². The molecule has 0 unspecified atom stereocenters. The van der Waals surface area contributed by atoms with Gasteiger partial charge >= 0.3 is 11.6 Å². The molecule has 2 aromatic rings. The molecule has 2 rings (SSSR count). The fraction of sp³-hybridized carbons (Fsp3) is 0.100. The number of nitriles is 1. The van der Waals surface area contributed by atoms with Crippen LogP contribution in [0, 0.1) is 28.7 Å². The Kier molecular flexibility index (Phi) is 2.41. The highest BCUT2D eigenvalue weighted by molar-refractivity contribution is 6.31. The number of fused-ring (bicyclic) bond motifs is 1. The lowest BCUT2D eigenvalue weighted by atomic mass is 10.2. The molecular formula is C10H6ClN3O3. The Bertz CT molecular complexity index is 679. The van der Waals surface area contributed by atoms with Crippen LogP contribution >= 0.6 is 11.6 Å².